The van der Waals surface area contributed by atoms with Crippen molar-refractivity contribution in [3.05, 3.63) is 28.7 Å². The minimum absolute atomic E-state index is 0.0194. The van der Waals surface area contributed by atoms with Crippen LogP contribution in [0.4, 0.5) is 10.5 Å². The van der Waals surface area contributed by atoms with Gasteiger partial charge in [-0.1, -0.05) is 15.9 Å². The van der Waals surface area contributed by atoms with Crippen LogP contribution in [0.15, 0.2) is 28.7 Å². The molecule has 0 saturated heterocycles. The number of carbonyl (C=O) groups excluding carboxylic acids is 2. The van der Waals surface area contributed by atoms with E-state index in [0.29, 0.717) is 11.6 Å². The largest absolute Gasteiger partial charge is 0.344 e. The molecule has 1 aliphatic rings. The number of urea groups is 1. The Bertz CT molecular complexity index is 486. The van der Waals surface area contributed by atoms with Crippen LogP contribution in [0, 0.1) is 5.92 Å². The second kappa shape index (κ2) is 6.74. The molecule has 0 radical (unpaired) electrons. The maximum atomic E-state index is 11.8. The normalized spacial score (nSPS) is 13.7. The van der Waals surface area contributed by atoms with Crippen LogP contribution in [0.5, 0.6) is 0 Å². The summed E-state index contributed by atoms with van der Waals surface area (Å²) in [5, 5.41) is 5.24. The number of halogens is 1. The molecule has 6 heteroatoms. The van der Waals surface area contributed by atoms with Gasteiger partial charge in [0, 0.05) is 23.8 Å². The van der Waals surface area contributed by atoms with E-state index in [9.17, 15) is 9.59 Å². The van der Waals surface area contributed by atoms with Crippen LogP contribution in [0.3, 0.4) is 0 Å². The maximum absolute atomic E-state index is 11.8. The van der Waals surface area contributed by atoms with Gasteiger partial charge in [0.1, 0.15) is 0 Å². The van der Waals surface area contributed by atoms with Gasteiger partial charge in [-0.2, -0.15) is 0 Å². The minimum Gasteiger partial charge on any atom is -0.344 e. The molecule has 3 amide bonds. The lowest BCUT2D eigenvalue weighted by Gasteiger charge is -2.17. The molecule has 5 nitrogen and oxygen atoms in total. The van der Waals surface area contributed by atoms with Gasteiger partial charge in [-0.25, -0.2) is 4.79 Å². The second-order valence-electron chi connectivity index (χ2n) is 5.03. The molecule has 1 fully saturated rings. The Balaban J connectivity index is 1.71. The molecule has 0 spiro atoms. The summed E-state index contributed by atoms with van der Waals surface area (Å²) in [6.07, 6.45) is 2.41. The van der Waals surface area contributed by atoms with Gasteiger partial charge in [0.25, 0.3) is 0 Å². The summed E-state index contributed by atoms with van der Waals surface area (Å²) in [5.41, 5.74) is 0.685. The summed E-state index contributed by atoms with van der Waals surface area (Å²) in [5.74, 6) is 0.586. The van der Waals surface area contributed by atoms with Crippen molar-refractivity contribution in [2.45, 2.75) is 12.8 Å². The molecule has 1 aromatic carbocycles. The number of nitrogens with one attached hydrogen (secondary N) is 2. The van der Waals surface area contributed by atoms with E-state index in [4.69, 9.17) is 0 Å². The third-order valence-electron chi connectivity index (χ3n) is 3.16. The average Bonchev–Trinajstić information content (AvgIpc) is 3.22. The number of likely N-dealkylation sites (N-methyl/N-ethyl adjacent to an activating group) is 1. The topological polar surface area (TPSA) is 61.4 Å². The summed E-state index contributed by atoms with van der Waals surface area (Å²) in [7, 11) is 1.77. The minimum atomic E-state index is -0.375. The SMILES string of the molecule is CN(CC1CC1)C(=O)CNC(=O)Nc1ccc(Br)cc1. The van der Waals surface area contributed by atoms with Gasteiger partial charge in [-0.05, 0) is 43.0 Å². The Hall–Kier alpha value is -1.56. The Kier molecular flexibility index (Phi) is 5.00. The van der Waals surface area contributed by atoms with Gasteiger partial charge in [0.05, 0.1) is 6.54 Å². The highest BCUT2D eigenvalue weighted by atomic mass is 79.9. The Labute approximate surface area is 126 Å². The molecule has 1 saturated carbocycles. The van der Waals surface area contributed by atoms with Gasteiger partial charge < -0.3 is 15.5 Å². The molecule has 0 atom stereocenters. The number of anilines is 1. The van der Waals surface area contributed by atoms with Crippen molar-refractivity contribution >= 4 is 33.6 Å². The Morgan fingerprint density at radius 1 is 1.30 bits per heavy atom. The van der Waals surface area contributed by atoms with E-state index < -0.39 is 0 Å². The number of carbonyl (C=O) groups is 2. The predicted octanol–water partition coefficient (Wildman–Crippen LogP) is 2.44. The summed E-state index contributed by atoms with van der Waals surface area (Å²) in [6, 6.07) is 6.87. The highest BCUT2D eigenvalue weighted by Gasteiger charge is 2.24. The van der Waals surface area contributed by atoms with Crippen molar-refractivity contribution < 1.29 is 9.59 Å². The van der Waals surface area contributed by atoms with Crippen LogP contribution < -0.4 is 10.6 Å². The molecule has 0 bridgehead atoms. The third-order valence-corrected chi connectivity index (χ3v) is 3.69. The molecule has 0 unspecified atom stereocenters. The highest BCUT2D eigenvalue weighted by molar-refractivity contribution is 9.10. The monoisotopic (exact) mass is 339 g/mol. The van der Waals surface area contributed by atoms with E-state index >= 15 is 0 Å². The first-order valence-electron chi connectivity index (χ1n) is 6.59. The quantitative estimate of drug-likeness (QED) is 0.865. The van der Waals surface area contributed by atoms with Crippen LogP contribution in [0.25, 0.3) is 0 Å². The fourth-order valence-electron chi connectivity index (χ4n) is 1.79. The van der Waals surface area contributed by atoms with Gasteiger partial charge in [0.15, 0.2) is 0 Å². The van der Waals surface area contributed by atoms with Crippen molar-refractivity contribution in [2.75, 3.05) is 25.5 Å². The van der Waals surface area contributed by atoms with Crippen LogP contribution in [0.2, 0.25) is 0 Å². The maximum Gasteiger partial charge on any atom is 0.319 e. The second-order valence-corrected chi connectivity index (χ2v) is 5.95. The lowest BCUT2D eigenvalue weighted by molar-refractivity contribution is -0.128. The van der Waals surface area contributed by atoms with Gasteiger partial charge >= 0.3 is 6.03 Å². The van der Waals surface area contributed by atoms with E-state index in [1.54, 1.807) is 24.1 Å². The lowest BCUT2D eigenvalue weighted by Crippen LogP contribution is -2.40. The summed E-state index contributed by atoms with van der Waals surface area (Å²) in [4.78, 5) is 25.1. The first-order chi connectivity index (χ1) is 9.54. The predicted molar refractivity (Wildman–Crippen MR) is 81.5 cm³/mol. The van der Waals surface area contributed by atoms with E-state index in [0.717, 1.165) is 11.0 Å². The van der Waals surface area contributed by atoms with E-state index in [1.807, 2.05) is 12.1 Å². The van der Waals surface area contributed by atoms with Crippen molar-refractivity contribution in [2.24, 2.45) is 5.92 Å². The molecule has 2 N–H and O–H groups in total. The summed E-state index contributed by atoms with van der Waals surface area (Å²) in [6.45, 7) is 0.806. The summed E-state index contributed by atoms with van der Waals surface area (Å²) >= 11 is 3.32. The Morgan fingerprint density at radius 2 is 1.95 bits per heavy atom. The molecule has 1 aromatic rings. The van der Waals surface area contributed by atoms with Crippen molar-refractivity contribution in [1.82, 2.24) is 10.2 Å². The van der Waals surface area contributed by atoms with Crippen LogP contribution >= 0.6 is 15.9 Å². The zero-order chi connectivity index (χ0) is 14.5. The molecular weight excluding hydrogens is 322 g/mol. The number of rotatable bonds is 5. The number of hydrogen-bond donors (Lipinski definition) is 2. The molecular formula is C14H18BrN3O2. The van der Waals surface area contributed by atoms with Gasteiger partial charge in [0.2, 0.25) is 5.91 Å². The fourth-order valence-corrected chi connectivity index (χ4v) is 2.05. The van der Waals surface area contributed by atoms with Crippen molar-refractivity contribution in [1.29, 1.82) is 0 Å². The first kappa shape index (κ1) is 14.8. The van der Waals surface area contributed by atoms with Crippen LogP contribution in [-0.4, -0.2) is 37.0 Å². The van der Waals surface area contributed by atoms with E-state index in [-0.39, 0.29) is 18.5 Å². The zero-order valence-electron chi connectivity index (χ0n) is 11.4. The molecule has 0 aliphatic heterocycles. The zero-order valence-corrected chi connectivity index (χ0v) is 12.9. The Morgan fingerprint density at radius 3 is 2.55 bits per heavy atom. The standard InChI is InChI=1S/C14H18BrN3O2/c1-18(9-10-2-3-10)13(19)8-16-14(20)17-12-6-4-11(15)5-7-12/h4-7,10H,2-3,8-9H2,1H3,(H2,16,17,20). The smallest absolute Gasteiger partial charge is 0.319 e. The molecule has 0 heterocycles. The number of benzene rings is 1. The van der Waals surface area contributed by atoms with Gasteiger partial charge in [-0.3, -0.25) is 4.79 Å². The average molecular weight is 340 g/mol. The molecule has 2 rings (SSSR count). The van der Waals surface area contributed by atoms with Crippen LogP contribution in [-0.2, 0) is 4.79 Å². The molecule has 20 heavy (non-hydrogen) atoms. The van der Waals surface area contributed by atoms with Crippen molar-refractivity contribution in [3.8, 4) is 0 Å². The number of hydrogen-bond acceptors (Lipinski definition) is 2. The van der Waals surface area contributed by atoms with Crippen LogP contribution in [0.1, 0.15) is 12.8 Å². The van der Waals surface area contributed by atoms with E-state index in [1.165, 1.54) is 12.8 Å². The molecule has 108 valence electrons. The highest BCUT2D eigenvalue weighted by Crippen LogP contribution is 2.29. The lowest BCUT2D eigenvalue weighted by atomic mass is 10.3. The molecule has 0 aromatic heterocycles. The fraction of sp³-hybridized carbons (Fsp3) is 0.429. The number of nitrogens with zero attached hydrogens (tertiary/aromatic N) is 1. The van der Waals surface area contributed by atoms with Crippen molar-refractivity contribution in [3.63, 3.8) is 0 Å². The van der Waals surface area contributed by atoms with Gasteiger partial charge in [-0.15, -0.1) is 0 Å². The first-order valence-corrected chi connectivity index (χ1v) is 7.38. The van der Waals surface area contributed by atoms with E-state index in [2.05, 4.69) is 26.6 Å². The summed E-state index contributed by atoms with van der Waals surface area (Å²) < 4.78 is 0.945. The molecule has 1 aliphatic carbocycles. The number of amides is 3. The third kappa shape index (κ3) is 4.85.